The van der Waals surface area contributed by atoms with E-state index in [4.69, 9.17) is 9.88 Å². The van der Waals surface area contributed by atoms with E-state index in [0.29, 0.717) is 10.2 Å². The van der Waals surface area contributed by atoms with Gasteiger partial charge in [0.2, 0.25) is 10.0 Å². The largest absolute Gasteiger partial charge is 0.449 e. The molecular weight excluding hydrogens is 424 g/mol. The molecule has 138 valence electrons. The van der Waals surface area contributed by atoms with Crippen LogP contribution in [0.15, 0.2) is 51.8 Å². The van der Waals surface area contributed by atoms with Crippen molar-refractivity contribution in [1.29, 1.82) is 0 Å². The third-order valence-electron chi connectivity index (χ3n) is 3.42. The number of rotatable bonds is 5. The molecule has 9 heteroatoms. The van der Waals surface area contributed by atoms with Gasteiger partial charge < -0.3 is 10.1 Å². The van der Waals surface area contributed by atoms with Gasteiger partial charge in [-0.3, -0.25) is 4.79 Å². The van der Waals surface area contributed by atoms with Crippen LogP contribution >= 0.6 is 15.9 Å². The van der Waals surface area contributed by atoms with Gasteiger partial charge >= 0.3 is 5.97 Å². The molecule has 2 aromatic carbocycles. The SMILES string of the molecule is Cc1cccc(NC(=O)C(C)OC(=O)c2cc(S(N)(=O)=O)ccc2Br)c1. The van der Waals surface area contributed by atoms with Gasteiger partial charge in [-0.25, -0.2) is 18.4 Å². The summed E-state index contributed by atoms with van der Waals surface area (Å²) < 4.78 is 28.3. The summed E-state index contributed by atoms with van der Waals surface area (Å²) in [5.74, 6) is -1.36. The molecule has 1 amide bonds. The van der Waals surface area contributed by atoms with Crippen molar-refractivity contribution >= 4 is 43.5 Å². The molecule has 0 heterocycles. The van der Waals surface area contributed by atoms with Gasteiger partial charge in [0.05, 0.1) is 10.5 Å². The summed E-state index contributed by atoms with van der Waals surface area (Å²) >= 11 is 3.15. The average Bonchev–Trinajstić information content (AvgIpc) is 2.53. The molecule has 7 nitrogen and oxygen atoms in total. The average molecular weight is 441 g/mol. The molecule has 0 aromatic heterocycles. The fourth-order valence-electron chi connectivity index (χ4n) is 2.08. The monoisotopic (exact) mass is 440 g/mol. The maximum atomic E-state index is 12.3. The second-order valence-corrected chi connectivity index (χ2v) is 8.01. The van der Waals surface area contributed by atoms with Crippen LogP contribution in [0.4, 0.5) is 5.69 Å². The number of sulfonamides is 1. The van der Waals surface area contributed by atoms with Crippen molar-refractivity contribution < 1.29 is 22.7 Å². The van der Waals surface area contributed by atoms with E-state index in [-0.39, 0.29) is 10.5 Å². The Kier molecular flexibility index (Phi) is 6.17. The topological polar surface area (TPSA) is 116 Å². The molecule has 0 aliphatic heterocycles. The molecule has 2 aromatic rings. The standard InChI is InChI=1S/C17H17BrN2O5S/c1-10-4-3-5-12(8-10)20-16(21)11(2)25-17(22)14-9-13(26(19,23)24)6-7-15(14)18/h3-9,11H,1-2H3,(H,20,21)(H2,19,23,24). The minimum atomic E-state index is -3.97. The Labute approximate surface area is 159 Å². The van der Waals surface area contributed by atoms with Crippen molar-refractivity contribution in [2.75, 3.05) is 5.32 Å². The number of nitrogens with one attached hydrogen (secondary N) is 1. The van der Waals surface area contributed by atoms with Gasteiger partial charge in [0, 0.05) is 10.2 Å². The molecule has 0 saturated carbocycles. The normalized spacial score (nSPS) is 12.3. The third kappa shape index (κ3) is 5.13. The predicted molar refractivity (Wildman–Crippen MR) is 100 cm³/mol. The zero-order valence-corrected chi connectivity index (χ0v) is 16.4. The Balaban J connectivity index is 2.12. The second kappa shape index (κ2) is 7.98. The highest BCUT2D eigenvalue weighted by atomic mass is 79.9. The second-order valence-electron chi connectivity index (χ2n) is 5.59. The predicted octanol–water partition coefficient (Wildman–Crippen LogP) is 2.59. The summed E-state index contributed by atoms with van der Waals surface area (Å²) in [5.41, 5.74) is 1.50. The maximum absolute atomic E-state index is 12.3. The summed E-state index contributed by atoms with van der Waals surface area (Å²) in [5, 5.41) is 7.71. The molecule has 0 aliphatic carbocycles. The van der Waals surface area contributed by atoms with Crippen molar-refractivity contribution in [2.45, 2.75) is 24.8 Å². The van der Waals surface area contributed by atoms with E-state index in [1.165, 1.54) is 19.1 Å². The van der Waals surface area contributed by atoms with Gasteiger partial charge in [-0.2, -0.15) is 0 Å². The minimum absolute atomic E-state index is 0.0493. The number of ether oxygens (including phenoxy) is 1. The maximum Gasteiger partial charge on any atom is 0.340 e. The number of anilines is 1. The molecule has 1 unspecified atom stereocenters. The lowest BCUT2D eigenvalue weighted by Gasteiger charge is -2.14. The van der Waals surface area contributed by atoms with Crippen LogP contribution < -0.4 is 10.5 Å². The molecule has 0 saturated heterocycles. The van der Waals surface area contributed by atoms with Gasteiger partial charge in [-0.1, -0.05) is 12.1 Å². The smallest absolute Gasteiger partial charge is 0.340 e. The fourth-order valence-corrected chi connectivity index (χ4v) is 3.03. The number of hydrogen-bond donors (Lipinski definition) is 2. The molecule has 0 aliphatic rings. The summed E-state index contributed by atoms with van der Waals surface area (Å²) in [7, 11) is -3.97. The highest BCUT2D eigenvalue weighted by Gasteiger charge is 2.22. The molecule has 3 N–H and O–H groups in total. The number of aryl methyl sites for hydroxylation is 1. The first-order chi connectivity index (χ1) is 12.1. The van der Waals surface area contributed by atoms with Crippen molar-refractivity contribution in [3.8, 4) is 0 Å². The van der Waals surface area contributed by atoms with Crippen molar-refractivity contribution in [3.05, 3.63) is 58.1 Å². The van der Waals surface area contributed by atoms with Gasteiger partial charge in [0.25, 0.3) is 5.91 Å². The number of benzene rings is 2. The number of nitrogens with two attached hydrogens (primary N) is 1. The zero-order chi connectivity index (χ0) is 19.5. The molecule has 0 spiro atoms. The first-order valence-corrected chi connectivity index (χ1v) is 9.82. The van der Waals surface area contributed by atoms with E-state index in [1.54, 1.807) is 18.2 Å². The van der Waals surface area contributed by atoms with Crippen LogP contribution in [-0.4, -0.2) is 26.4 Å². The van der Waals surface area contributed by atoms with Crippen LogP contribution in [0, 0.1) is 6.92 Å². The highest BCUT2D eigenvalue weighted by molar-refractivity contribution is 9.10. The molecule has 0 bridgehead atoms. The fraction of sp³-hybridized carbons (Fsp3) is 0.176. The number of amides is 1. The number of primary sulfonamides is 1. The van der Waals surface area contributed by atoms with Crippen LogP contribution in [-0.2, 0) is 19.6 Å². The molecule has 0 fully saturated rings. The highest BCUT2D eigenvalue weighted by Crippen LogP contribution is 2.22. The number of carbonyl (C=O) groups is 2. The van der Waals surface area contributed by atoms with Crippen LogP contribution in [0.3, 0.4) is 0 Å². The minimum Gasteiger partial charge on any atom is -0.449 e. The Hall–Kier alpha value is -2.23. The lowest BCUT2D eigenvalue weighted by atomic mass is 10.2. The Bertz CT molecular complexity index is 959. The van der Waals surface area contributed by atoms with Gasteiger partial charge in [0.1, 0.15) is 0 Å². The Morgan fingerprint density at radius 1 is 1.19 bits per heavy atom. The molecule has 2 rings (SSSR count). The van der Waals surface area contributed by atoms with Gasteiger partial charge in [0.15, 0.2) is 6.10 Å². The van der Waals surface area contributed by atoms with Crippen molar-refractivity contribution in [3.63, 3.8) is 0 Å². The van der Waals surface area contributed by atoms with Crippen LogP contribution in [0.1, 0.15) is 22.8 Å². The molecule has 0 radical (unpaired) electrons. The summed E-state index contributed by atoms with van der Waals surface area (Å²) in [6.07, 6.45) is -1.09. The lowest BCUT2D eigenvalue weighted by molar-refractivity contribution is -0.123. The van der Waals surface area contributed by atoms with Crippen LogP contribution in [0.2, 0.25) is 0 Å². The summed E-state index contributed by atoms with van der Waals surface area (Å²) in [6, 6.07) is 10.9. The van der Waals surface area contributed by atoms with Crippen molar-refractivity contribution in [1.82, 2.24) is 0 Å². The Morgan fingerprint density at radius 2 is 1.88 bits per heavy atom. The molecule has 26 heavy (non-hydrogen) atoms. The zero-order valence-electron chi connectivity index (χ0n) is 14.0. The summed E-state index contributed by atoms with van der Waals surface area (Å²) in [4.78, 5) is 24.3. The molecular formula is C17H17BrN2O5S. The van der Waals surface area contributed by atoms with E-state index in [2.05, 4.69) is 21.2 Å². The lowest BCUT2D eigenvalue weighted by Crippen LogP contribution is -2.30. The van der Waals surface area contributed by atoms with Gasteiger partial charge in [-0.05, 0) is 65.7 Å². The van der Waals surface area contributed by atoms with Crippen LogP contribution in [0.25, 0.3) is 0 Å². The number of halogens is 1. The number of esters is 1. The Morgan fingerprint density at radius 3 is 2.50 bits per heavy atom. The molecule has 1 atom stereocenters. The van der Waals surface area contributed by atoms with E-state index >= 15 is 0 Å². The van der Waals surface area contributed by atoms with E-state index < -0.39 is 28.0 Å². The van der Waals surface area contributed by atoms with E-state index in [9.17, 15) is 18.0 Å². The summed E-state index contributed by atoms with van der Waals surface area (Å²) in [6.45, 7) is 3.30. The first kappa shape index (κ1) is 20.1. The van der Waals surface area contributed by atoms with E-state index in [1.807, 2.05) is 13.0 Å². The quantitative estimate of drug-likeness (QED) is 0.693. The third-order valence-corrected chi connectivity index (χ3v) is 5.03. The van der Waals surface area contributed by atoms with Crippen LogP contribution in [0.5, 0.6) is 0 Å². The van der Waals surface area contributed by atoms with Crippen molar-refractivity contribution in [2.24, 2.45) is 5.14 Å². The first-order valence-electron chi connectivity index (χ1n) is 7.49. The van der Waals surface area contributed by atoms with Gasteiger partial charge in [-0.15, -0.1) is 0 Å². The number of hydrogen-bond acceptors (Lipinski definition) is 5. The number of carbonyl (C=O) groups excluding carboxylic acids is 2. The van der Waals surface area contributed by atoms with E-state index in [0.717, 1.165) is 11.6 Å².